The summed E-state index contributed by atoms with van der Waals surface area (Å²) in [5, 5.41) is 0. The second kappa shape index (κ2) is 6.48. The summed E-state index contributed by atoms with van der Waals surface area (Å²) < 4.78 is 25.1. The minimum Gasteiger partial charge on any atom is -0.329 e. The minimum absolute atomic E-state index is 0. The van der Waals surface area contributed by atoms with Crippen molar-refractivity contribution in [3.8, 4) is 0 Å². The average molecular weight is 255 g/mol. The Morgan fingerprint density at radius 1 is 1.53 bits per heavy atom. The highest BCUT2D eigenvalue weighted by molar-refractivity contribution is 7.89. The van der Waals surface area contributed by atoms with Crippen LogP contribution >= 0.6 is 12.4 Å². The molecule has 1 fully saturated rings. The molecule has 0 bridgehead atoms. The van der Waals surface area contributed by atoms with E-state index in [4.69, 9.17) is 5.73 Å². The van der Waals surface area contributed by atoms with E-state index in [1.54, 1.807) is 10.4 Å². The van der Waals surface area contributed by atoms with Gasteiger partial charge in [0.1, 0.15) is 0 Å². The largest absolute Gasteiger partial charge is 0.329 e. The molecule has 6 heteroatoms. The van der Waals surface area contributed by atoms with Gasteiger partial charge in [-0.1, -0.05) is 6.08 Å². The summed E-state index contributed by atoms with van der Waals surface area (Å²) in [6, 6.07) is 0.0183. The zero-order valence-corrected chi connectivity index (χ0v) is 10.4. The smallest absolute Gasteiger partial charge is 0.214 e. The molecular weight excluding hydrogens is 236 g/mol. The Hall–Kier alpha value is -0.100. The quantitative estimate of drug-likeness (QED) is 0.736. The maximum Gasteiger partial charge on any atom is 0.214 e. The molecule has 2 N–H and O–H groups in total. The van der Waals surface area contributed by atoms with Crippen LogP contribution in [0.4, 0.5) is 0 Å². The van der Waals surface area contributed by atoms with Crippen LogP contribution in [0, 0.1) is 0 Å². The molecule has 1 rings (SSSR count). The molecule has 0 aromatic rings. The molecule has 0 aliphatic carbocycles. The Morgan fingerprint density at radius 3 is 2.73 bits per heavy atom. The number of rotatable bonds is 5. The summed E-state index contributed by atoms with van der Waals surface area (Å²) >= 11 is 0. The van der Waals surface area contributed by atoms with Crippen molar-refractivity contribution in [2.24, 2.45) is 5.73 Å². The molecule has 0 amide bonds. The number of allylic oxidation sites excluding steroid dienone is 1. The topological polar surface area (TPSA) is 63.4 Å². The highest BCUT2D eigenvalue weighted by atomic mass is 35.5. The van der Waals surface area contributed by atoms with Gasteiger partial charge in [-0.2, -0.15) is 4.31 Å². The minimum atomic E-state index is -3.10. The third kappa shape index (κ3) is 3.75. The molecule has 0 saturated carbocycles. The van der Waals surface area contributed by atoms with Crippen molar-refractivity contribution in [2.75, 3.05) is 18.8 Å². The van der Waals surface area contributed by atoms with Crippen molar-refractivity contribution in [1.82, 2.24) is 4.31 Å². The van der Waals surface area contributed by atoms with Gasteiger partial charge in [0.15, 0.2) is 0 Å². The number of nitrogens with two attached hydrogens (primary N) is 1. The average Bonchev–Trinajstić information content (AvgIpc) is 2.63. The van der Waals surface area contributed by atoms with Gasteiger partial charge in [-0.3, -0.25) is 0 Å². The fourth-order valence-corrected chi connectivity index (χ4v) is 3.51. The van der Waals surface area contributed by atoms with Crippen LogP contribution < -0.4 is 5.73 Å². The first-order valence-electron chi connectivity index (χ1n) is 4.92. The van der Waals surface area contributed by atoms with E-state index in [9.17, 15) is 8.42 Å². The summed E-state index contributed by atoms with van der Waals surface area (Å²) in [4.78, 5) is 0. The van der Waals surface area contributed by atoms with Gasteiger partial charge in [0.2, 0.25) is 10.0 Å². The first kappa shape index (κ1) is 14.9. The summed E-state index contributed by atoms with van der Waals surface area (Å²) in [6.07, 6.45) is 3.96. The molecule has 4 nitrogen and oxygen atoms in total. The Balaban J connectivity index is 0.00000196. The third-order valence-electron chi connectivity index (χ3n) is 2.53. The Kier molecular flexibility index (Phi) is 6.43. The van der Waals surface area contributed by atoms with Crippen LogP contribution in [0.5, 0.6) is 0 Å². The monoisotopic (exact) mass is 254 g/mol. The standard InChI is InChI=1S/C9H18N2O2S.ClH/c1-2-3-7-14(12,13)11-6-4-5-9(11)8-10;/h2,9H,1,3-8,10H2;1H. The number of hydrogen-bond acceptors (Lipinski definition) is 3. The van der Waals surface area contributed by atoms with Gasteiger partial charge < -0.3 is 5.73 Å². The van der Waals surface area contributed by atoms with Crippen LogP contribution in [0.2, 0.25) is 0 Å². The summed E-state index contributed by atoms with van der Waals surface area (Å²) in [6.45, 7) is 4.57. The van der Waals surface area contributed by atoms with Gasteiger partial charge in [-0.05, 0) is 19.3 Å². The van der Waals surface area contributed by atoms with Gasteiger partial charge in [-0.25, -0.2) is 8.42 Å². The van der Waals surface area contributed by atoms with Gasteiger partial charge in [0.05, 0.1) is 5.75 Å². The molecule has 90 valence electrons. The zero-order valence-electron chi connectivity index (χ0n) is 8.76. The number of nitrogens with zero attached hydrogens (tertiary/aromatic N) is 1. The van der Waals surface area contributed by atoms with Crippen LogP contribution in [-0.2, 0) is 10.0 Å². The summed E-state index contributed by atoms with van der Waals surface area (Å²) in [5.74, 6) is 0.160. The first-order valence-corrected chi connectivity index (χ1v) is 6.53. The van der Waals surface area contributed by atoms with Crippen LogP contribution in [0.1, 0.15) is 19.3 Å². The SMILES string of the molecule is C=CCCS(=O)(=O)N1CCCC1CN.Cl. The number of hydrogen-bond donors (Lipinski definition) is 1. The summed E-state index contributed by atoms with van der Waals surface area (Å²) in [7, 11) is -3.10. The lowest BCUT2D eigenvalue weighted by atomic mass is 10.2. The molecular formula is C9H19ClN2O2S. The molecule has 1 atom stereocenters. The fourth-order valence-electron chi connectivity index (χ4n) is 1.76. The molecule has 0 radical (unpaired) electrons. The highest BCUT2D eigenvalue weighted by Gasteiger charge is 2.32. The molecule has 1 saturated heterocycles. The molecule has 1 aliphatic heterocycles. The highest BCUT2D eigenvalue weighted by Crippen LogP contribution is 2.20. The van der Waals surface area contributed by atoms with Crippen molar-refractivity contribution < 1.29 is 8.42 Å². The van der Waals surface area contributed by atoms with Gasteiger partial charge in [-0.15, -0.1) is 19.0 Å². The van der Waals surface area contributed by atoms with E-state index in [1.807, 2.05) is 0 Å². The molecule has 0 aromatic carbocycles. The van der Waals surface area contributed by atoms with E-state index in [0.717, 1.165) is 12.8 Å². The Morgan fingerprint density at radius 2 is 2.20 bits per heavy atom. The molecule has 0 spiro atoms. The lowest BCUT2D eigenvalue weighted by Gasteiger charge is -2.22. The Bertz CT molecular complexity index is 292. The Labute approximate surface area is 98.0 Å². The fraction of sp³-hybridized carbons (Fsp3) is 0.778. The van der Waals surface area contributed by atoms with Crippen LogP contribution in [0.15, 0.2) is 12.7 Å². The van der Waals surface area contributed by atoms with Crippen molar-refractivity contribution in [3.05, 3.63) is 12.7 Å². The van der Waals surface area contributed by atoms with E-state index in [1.165, 1.54) is 0 Å². The van der Waals surface area contributed by atoms with Crippen LogP contribution in [-0.4, -0.2) is 37.6 Å². The zero-order chi connectivity index (χ0) is 10.6. The summed E-state index contributed by atoms with van der Waals surface area (Å²) in [5.41, 5.74) is 5.52. The molecule has 15 heavy (non-hydrogen) atoms. The normalized spacial score (nSPS) is 22.3. The van der Waals surface area contributed by atoms with Gasteiger partial charge >= 0.3 is 0 Å². The van der Waals surface area contributed by atoms with E-state index in [0.29, 0.717) is 19.5 Å². The van der Waals surface area contributed by atoms with Crippen molar-refractivity contribution in [2.45, 2.75) is 25.3 Å². The van der Waals surface area contributed by atoms with E-state index in [2.05, 4.69) is 6.58 Å². The van der Waals surface area contributed by atoms with Crippen molar-refractivity contribution in [1.29, 1.82) is 0 Å². The molecule has 0 aromatic heterocycles. The lowest BCUT2D eigenvalue weighted by molar-refractivity contribution is 0.393. The van der Waals surface area contributed by atoms with Crippen molar-refractivity contribution in [3.63, 3.8) is 0 Å². The van der Waals surface area contributed by atoms with E-state index in [-0.39, 0.29) is 24.2 Å². The first-order chi connectivity index (χ1) is 6.61. The number of halogens is 1. The van der Waals surface area contributed by atoms with Gasteiger partial charge in [0, 0.05) is 19.1 Å². The maximum atomic E-state index is 11.8. The lowest BCUT2D eigenvalue weighted by Crippen LogP contribution is -2.40. The predicted molar refractivity (Wildman–Crippen MR) is 64.6 cm³/mol. The maximum absolute atomic E-state index is 11.8. The van der Waals surface area contributed by atoms with Gasteiger partial charge in [0.25, 0.3) is 0 Å². The third-order valence-corrected chi connectivity index (χ3v) is 4.48. The second-order valence-corrected chi connectivity index (χ2v) is 5.58. The molecule has 1 unspecified atom stereocenters. The van der Waals surface area contributed by atoms with Crippen LogP contribution in [0.25, 0.3) is 0 Å². The van der Waals surface area contributed by atoms with Crippen molar-refractivity contribution >= 4 is 22.4 Å². The number of sulfonamides is 1. The second-order valence-electron chi connectivity index (χ2n) is 3.54. The van der Waals surface area contributed by atoms with E-state index < -0.39 is 10.0 Å². The van der Waals surface area contributed by atoms with E-state index >= 15 is 0 Å². The predicted octanol–water partition coefficient (Wildman–Crippen LogP) is 0.737. The molecule has 1 heterocycles. The molecule has 1 aliphatic rings. The van der Waals surface area contributed by atoms with Crippen LogP contribution in [0.3, 0.4) is 0 Å².